The molecular formula is C20H28N2O3. The average molecular weight is 344 g/mol. The standard InChI is InChI=1S/C20H28N2O3/c1-19(2,3)15-10-13(11-16(17(15)23)20(4,5)6)18(24)22(7)12-14-8-9-25-21-14/h8-11,23H,12H2,1-7H3. The van der Waals surface area contributed by atoms with Crippen molar-refractivity contribution < 1.29 is 14.4 Å². The molecule has 1 amide bonds. The Labute approximate surface area is 149 Å². The van der Waals surface area contributed by atoms with Gasteiger partial charge in [0.1, 0.15) is 17.7 Å². The number of phenols is 1. The summed E-state index contributed by atoms with van der Waals surface area (Å²) in [4.78, 5) is 14.5. The fraction of sp³-hybridized carbons (Fsp3) is 0.500. The van der Waals surface area contributed by atoms with E-state index < -0.39 is 0 Å². The van der Waals surface area contributed by atoms with Gasteiger partial charge in [-0.05, 0) is 23.0 Å². The molecule has 1 N–H and O–H groups in total. The van der Waals surface area contributed by atoms with Crippen LogP contribution in [0.3, 0.4) is 0 Å². The summed E-state index contributed by atoms with van der Waals surface area (Å²) in [7, 11) is 1.73. The van der Waals surface area contributed by atoms with Gasteiger partial charge < -0.3 is 14.5 Å². The fourth-order valence-corrected chi connectivity index (χ4v) is 2.76. The number of benzene rings is 1. The molecule has 0 radical (unpaired) electrons. The quantitative estimate of drug-likeness (QED) is 0.904. The maximum atomic E-state index is 12.9. The van der Waals surface area contributed by atoms with Crippen molar-refractivity contribution in [2.75, 3.05) is 7.05 Å². The predicted molar refractivity (Wildman–Crippen MR) is 97.8 cm³/mol. The highest BCUT2D eigenvalue weighted by molar-refractivity contribution is 5.95. The fourth-order valence-electron chi connectivity index (χ4n) is 2.76. The summed E-state index contributed by atoms with van der Waals surface area (Å²) < 4.78 is 4.82. The van der Waals surface area contributed by atoms with Crippen LogP contribution >= 0.6 is 0 Å². The van der Waals surface area contributed by atoms with Crippen LogP contribution in [0.1, 0.15) is 68.7 Å². The zero-order valence-corrected chi connectivity index (χ0v) is 16.2. The Morgan fingerprint density at radius 1 is 1.12 bits per heavy atom. The van der Waals surface area contributed by atoms with Gasteiger partial charge in [-0.3, -0.25) is 4.79 Å². The predicted octanol–water partition coefficient (Wildman–Crippen LogP) is 4.25. The van der Waals surface area contributed by atoms with Crippen molar-refractivity contribution in [1.82, 2.24) is 10.1 Å². The molecule has 0 saturated heterocycles. The van der Waals surface area contributed by atoms with Crippen molar-refractivity contribution in [3.63, 3.8) is 0 Å². The highest BCUT2D eigenvalue weighted by Gasteiger charge is 2.28. The number of rotatable bonds is 3. The Morgan fingerprint density at radius 3 is 2.04 bits per heavy atom. The van der Waals surface area contributed by atoms with E-state index in [1.54, 1.807) is 30.1 Å². The third-order valence-electron chi connectivity index (χ3n) is 4.21. The Balaban J connectivity index is 2.48. The lowest BCUT2D eigenvalue weighted by Crippen LogP contribution is -2.28. The molecule has 136 valence electrons. The van der Waals surface area contributed by atoms with Crippen LogP contribution in [0.4, 0.5) is 0 Å². The second-order valence-corrected chi connectivity index (χ2v) is 8.57. The van der Waals surface area contributed by atoms with Crippen molar-refractivity contribution in [3.8, 4) is 5.75 Å². The van der Waals surface area contributed by atoms with Gasteiger partial charge in [0, 0.05) is 29.8 Å². The summed E-state index contributed by atoms with van der Waals surface area (Å²) in [6.07, 6.45) is 1.49. The topological polar surface area (TPSA) is 66.6 Å². The number of phenolic OH excluding ortho intramolecular Hbond substituents is 1. The molecule has 0 bridgehead atoms. The van der Waals surface area contributed by atoms with Crippen LogP contribution in [-0.2, 0) is 17.4 Å². The zero-order chi connectivity index (χ0) is 19.0. The smallest absolute Gasteiger partial charge is 0.253 e. The molecule has 0 atom stereocenters. The maximum Gasteiger partial charge on any atom is 0.253 e. The largest absolute Gasteiger partial charge is 0.507 e. The molecule has 2 aromatic rings. The van der Waals surface area contributed by atoms with Crippen molar-refractivity contribution in [2.24, 2.45) is 0 Å². The average Bonchev–Trinajstić information content (AvgIpc) is 2.97. The van der Waals surface area contributed by atoms with Crippen LogP contribution < -0.4 is 0 Å². The summed E-state index contributed by atoms with van der Waals surface area (Å²) in [6.45, 7) is 12.5. The van der Waals surface area contributed by atoms with E-state index in [0.29, 0.717) is 17.8 Å². The van der Waals surface area contributed by atoms with Gasteiger partial charge in [-0.1, -0.05) is 46.7 Å². The van der Waals surface area contributed by atoms with E-state index in [9.17, 15) is 9.90 Å². The molecule has 0 fully saturated rings. The van der Waals surface area contributed by atoms with E-state index in [1.165, 1.54) is 6.26 Å². The first kappa shape index (κ1) is 19.0. The molecule has 2 rings (SSSR count). The molecule has 1 aromatic heterocycles. The van der Waals surface area contributed by atoms with Gasteiger partial charge in [0.15, 0.2) is 0 Å². The molecule has 0 saturated carbocycles. The highest BCUT2D eigenvalue weighted by Crippen LogP contribution is 2.39. The third kappa shape index (κ3) is 4.21. The van der Waals surface area contributed by atoms with E-state index in [0.717, 1.165) is 11.1 Å². The summed E-state index contributed by atoms with van der Waals surface area (Å²) >= 11 is 0. The first-order chi connectivity index (χ1) is 11.4. The number of aromatic nitrogens is 1. The molecule has 0 aliphatic heterocycles. The van der Waals surface area contributed by atoms with E-state index in [-0.39, 0.29) is 22.5 Å². The first-order valence-corrected chi connectivity index (χ1v) is 8.44. The summed E-state index contributed by atoms with van der Waals surface area (Å²) in [5.74, 6) is 0.162. The van der Waals surface area contributed by atoms with Crippen LogP contribution in [0.5, 0.6) is 5.75 Å². The van der Waals surface area contributed by atoms with Gasteiger partial charge in [-0.25, -0.2) is 0 Å². The van der Waals surface area contributed by atoms with Crippen LogP contribution in [0, 0.1) is 0 Å². The lowest BCUT2D eigenvalue weighted by Gasteiger charge is -2.28. The van der Waals surface area contributed by atoms with E-state index >= 15 is 0 Å². The van der Waals surface area contributed by atoms with Crippen LogP contribution in [0.15, 0.2) is 29.0 Å². The van der Waals surface area contributed by atoms with Gasteiger partial charge in [0.25, 0.3) is 5.91 Å². The minimum atomic E-state index is -0.273. The van der Waals surface area contributed by atoms with Crippen molar-refractivity contribution in [2.45, 2.75) is 58.9 Å². The van der Waals surface area contributed by atoms with Crippen LogP contribution in [-0.4, -0.2) is 28.1 Å². The molecule has 1 aromatic carbocycles. The van der Waals surface area contributed by atoms with Gasteiger partial charge in [-0.2, -0.15) is 0 Å². The van der Waals surface area contributed by atoms with Gasteiger partial charge in [0.05, 0.1) is 6.54 Å². The Bertz CT molecular complexity index is 715. The SMILES string of the molecule is CN(Cc1ccon1)C(=O)c1cc(C(C)(C)C)c(O)c(C(C)(C)C)c1. The van der Waals surface area contributed by atoms with Crippen molar-refractivity contribution in [1.29, 1.82) is 0 Å². The van der Waals surface area contributed by atoms with E-state index in [1.807, 2.05) is 41.5 Å². The van der Waals surface area contributed by atoms with Crippen LogP contribution in [0.25, 0.3) is 0 Å². The lowest BCUT2D eigenvalue weighted by molar-refractivity contribution is 0.0782. The monoisotopic (exact) mass is 344 g/mol. The number of hydrogen-bond donors (Lipinski definition) is 1. The second kappa shape index (κ2) is 6.54. The highest BCUT2D eigenvalue weighted by atomic mass is 16.5. The molecule has 0 aliphatic carbocycles. The first-order valence-electron chi connectivity index (χ1n) is 8.44. The summed E-state index contributed by atoms with van der Waals surface area (Å²) in [6, 6.07) is 5.33. The van der Waals surface area contributed by atoms with Crippen molar-refractivity contribution >= 4 is 5.91 Å². The number of aromatic hydroxyl groups is 1. The Morgan fingerprint density at radius 2 is 1.64 bits per heavy atom. The summed E-state index contributed by atoms with van der Waals surface area (Å²) in [5.41, 5.74) is 2.27. The summed E-state index contributed by atoms with van der Waals surface area (Å²) in [5, 5.41) is 14.6. The van der Waals surface area contributed by atoms with Gasteiger partial charge in [0.2, 0.25) is 0 Å². The molecule has 25 heavy (non-hydrogen) atoms. The number of nitrogens with zero attached hydrogens (tertiary/aromatic N) is 2. The number of hydrogen-bond acceptors (Lipinski definition) is 4. The molecule has 1 heterocycles. The molecule has 0 spiro atoms. The van der Waals surface area contributed by atoms with Gasteiger partial charge in [-0.15, -0.1) is 0 Å². The van der Waals surface area contributed by atoms with Crippen LogP contribution in [0.2, 0.25) is 0 Å². The minimum Gasteiger partial charge on any atom is -0.507 e. The molecule has 0 unspecified atom stereocenters. The Hall–Kier alpha value is -2.30. The number of carbonyl (C=O) groups is 1. The minimum absolute atomic E-state index is 0.112. The van der Waals surface area contributed by atoms with Crippen molar-refractivity contribution in [3.05, 3.63) is 46.8 Å². The molecular weight excluding hydrogens is 316 g/mol. The number of carbonyl (C=O) groups excluding carboxylic acids is 1. The van der Waals surface area contributed by atoms with E-state index in [4.69, 9.17) is 4.52 Å². The molecule has 5 heteroatoms. The maximum absolute atomic E-state index is 12.9. The van der Waals surface area contributed by atoms with E-state index in [2.05, 4.69) is 5.16 Å². The Kier molecular flexibility index (Phi) is 4.98. The molecule has 5 nitrogen and oxygen atoms in total. The van der Waals surface area contributed by atoms with Gasteiger partial charge >= 0.3 is 0 Å². The second-order valence-electron chi connectivity index (χ2n) is 8.57. The number of amides is 1. The third-order valence-corrected chi connectivity index (χ3v) is 4.21. The normalized spacial score (nSPS) is 12.3. The lowest BCUT2D eigenvalue weighted by atomic mass is 9.78. The molecule has 0 aliphatic rings. The zero-order valence-electron chi connectivity index (χ0n) is 16.2.